The standard InChI is InChI=1S/C13H24O3/c1-13(2,3)16-12(14)8-10-15-9-7-11-5-4-6-11/h11H,4-10H2,1-3H3. The minimum absolute atomic E-state index is 0.170. The van der Waals surface area contributed by atoms with E-state index in [0.717, 1.165) is 18.9 Å². The molecule has 16 heavy (non-hydrogen) atoms. The van der Waals surface area contributed by atoms with Crippen molar-refractivity contribution in [3.8, 4) is 0 Å². The molecule has 0 aliphatic heterocycles. The summed E-state index contributed by atoms with van der Waals surface area (Å²) in [6.45, 7) is 6.90. The van der Waals surface area contributed by atoms with Gasteiger partial charge in [-0.05, 0) is 33.1 Å². The summed E-state index contributed by atoms with van der Waals surface area (Å²) in [6, 6.07) is 0. The van der Waals surface area contributed by atoms with Gasteiger partial charge in [-0.3, -0.25) is 4.79 Å². The van der Waals surface area contributed by atoms with Crippen LogP contribution in [-0.4, -0.2) is 24.8 Å². The third-order valence-electron chi connectivity index (χ3n) is 2.77. The van der Waals surface area contributed by atoms with Crippen LogP contribution in [0, 0.1) is 5.92 Å². The van der Waals surface area contributed by atoms with E-state index in [0.29, 0.717) is 13.0 Å². The van der Waals surface area contributed by atoms with Crippen LogP contribution in [0.15, 0.2) is 0 Å². The summed E-state index contributed by atoms with van der Waals surface area (Å²) in [5, 5.41) is 0. The molecule has 3 nitrogen and oxygen atoms in total. The molecule has 0 saturated heterocycles. The second-order valence-electron chi connectivity index (χ2n) is 5.53. The SMILES string of the molecule is CC(C)(C)OC(=O)CCOCCC1CCC1. The molecule has 0 aromatic heterocycles. The fourth-order valence-electron chi connectivity index (χ4n) is 1.68. The largest absolute Gasteiger partial charge is 0.460 e. The van der Waals surface area contributed by atoms with Crippen molar-refractivity contribution in [2.24, 2.45) is 5.92 Å². The van der Waals surface area contributed by atoms with Gasteiger partial charge in [-0.1, -0.05) is 19.3 Å². The fourth-order valence-corrected chi connectivity index (χ4v) is 1.68. The zero-order chi connectivity index (χ0) is 12.0. The third kappa shape index (κ3) is 6.11. The van der Waals surface area contributed by atoms with Crippen LogP contribution < -0.4 is 0 Å². The molecule has 0 aromatic carbocycles. The maximum atomic E-state index is 11.3. The molecule has 0 amide bonds. The van der Waals surface area contributed by atoms with Gasteiger partial charge in [0.15, 0.2) is 0 Å². The van der Waals surface area contributed by atoms with Crippen molar-refractivity contribution in [2.75, 3.05) is 13.2 Å². The lowest BCUT2D eigenvalue weighted by molar-refractivity contribution is -0.156. The highest BCUT2D eigenvalue weighted by molar-refractivity contribution is 5.69. The van der Waals surface area contributed by atoms with Gasteiger partial charge in [0, 0.05) is 6.61 Å². The predicted molar refractivity (Wildman–Crippen MR) is 63.2 cm³/mol. The smallest absolute Gasteiger partial charge is 0.308 e. The van der Waals surface area contributed by atoms with Crippen molar-refractivity contribution in [1.29, 1.82) is 0 Å². The summed E-state index contributed by atoms with van der Waals surface area (Å²) in [5.41, 5.74) is -0.386. The summed E-state index contributed by atoms with van der Waals surface area (Å²) in [6.07, 6.45) is 5.60. The minimum Gasteiger partial charge on any atom is -0.460 e. The molecule has 0 aromatic rings. The van der Waals surface area contributed by atoms with Crippen LogP contribution in [0.5, 0.6) is 0 Å². The van der Waals surface area contributed by atoms with Gasteiger partial charge in [0.05, 0.1) is 13.0 Å². The number of carbonyl (C=O) groups excluding carboxylic acids is 1. The molecule has 0 radical (unpaired) electrons. The van der Waals surface area contributed by atoms with Crippen LogP contribution >= 0.6 is 0 Å². The van der Waals surface area contributed by atoms with Crippen LogP contribution in [-0.2, 0) is 14.3 Å². The Kier molecular flexibility index (Phi) is 5.26. The summed E-state index contributed by atoms with van der Waals surface area (Å²) in [4.78, 5) is 11.3. The lowest BCUT2D eigenvalue weighted by atomic mass is 9.83. The average molecular weight is 228 g/mol. The molecular weight excluding hydrogens is 204 g/mol. The Morgan fingerprint density at radius 3 is 2.44 bits per heavy atom. The summed E-state index contributed by atoms with van der Waals surface area (Å²) in [7, 11) is 0. The number of rotatable bonds is 6. The van der Waals surface area contributed by atoms with Crippen molar-refractivity contribution in [3.05, 3.63) is 0 Å². The maximum absolute atomic E-state index is 11.3. The van der Waals surface area contributed by atoms with E-state index in [1.807, 2.05) is 20.8 Å². The molecule has 0 bridgehead atoms. The van der Waals surface area contributed by atoms with Gasteiger partial charge < -0.3 is 9.47 Å². The molecule has 0 unspecified atom stereocenters. The van der Waals surface area contributed by atoms with E-state index < -0.39 is 0 Å². The number of esters is 1. The van der Waals surface area contributed by atoms with Gasteiger partial charge in [-0.15, -0.1) is 0 Å². The van der Waals surface area contributed by atoms with E-state index in [4.69, 9.17) is 9.47 Å². The van der Waals surface area contributed by atoms with Crippen molar-refractivity contribution in [1.82, 2.24) is 0 Å². The van der Waals surface area contributed by atoms with E-state index in [1.165, 1.54) is 19.3 Å². The molecule has 3 heteroatoms. The molecular formula is C13H24O3. The summed E-state index contributed by atoms with van der Waals surface area (Å²) < 4.78 is 10.6. The lowest BCUT2D eigenvalue weighted by Gasteiger charge is -2.24. The van der Waals surface area contributed by atoms with Crippen LogP contribution in [0.1, 0.15) is 52.9 Å². The predicted octanol–water partition coefficient (Wildman–Crippen LogP) is 2.93. The Morgan fingerprint density at radius 1 is 1.25 bits per heavy atom. The Bertz CT molecular complexity index is 214. The highest BCUT2D eigenvalue weighted by atomic mass is 16.6. The van der Waals surface area contributed by atoms with Gasteiger partial charge in [-0.25, -0.2) is 0 Å². The monoisotopic (exact) mass is 228 g/mol. The van der Waals surface area contributed by atoms with Crippen molar-refractivity contribution in [3.63, 3.8) is 0 Å². The van der Waals surface area contributed by atoms with E-state index in [1.54, 1.807) is 0 Å². The molecule has 0 atom stereocenters. The van der Waals surface area contributed by atoms with Gasteiger partial charge >= 0.3 is 5.97 Å². The molecule has 1 rings (SSSR count). The van der Waals surface area contributed by atoms with Crippen LogP contribution in [0.25, 0.3) is 0 Å². The zero-order valence-corrected chi connectivity index (χ0v) is 10.8. The van der Waals surface area contributed by atoms with E-state index in [2.05, 4.69) is 0 Å². The first-order valence-electron chi connectivity index (χ1n) is 6.27. The first-order valence-corrected chi connectivity index (χ1v) is 6.27. The first kappa shape index (κ1) is 13.5. The Balaban J connectivity index is 1.91. The van der Waals surface area contributed by atoms with Gasteiger partial charge in [0.25, 0.3) is 0 Å². The molecule has 94 valence electrons. The number of carbonyl (C=O) groups is 1. The molecule has 1 aliphatic rings. The lowest BCUT2D eigenvalue weighted by Crippen LogP contribution is -2.24. The average Bonchev–Trinajstić information content (AvgIpc) is 2.04. The van der Waals surface area contributed by atoms with E-state index in [9.17, 15) is 4.79 Å². The molecule has 1 aliphatic carbocycles. The Labute approximate surface area is 98.5 Å². The molecule has 0 N–H and O–H groups in total. The molecule has 1 saturated carbocycles. The van der Waals surface area contributed by atoms with Crippen molar-refractivity contribution >= 4 is 5.97 Å². The quantitative estimate of drug-likeness (QED) is 0.518. The number of hydrogen-bond donors (Lipinski definition) is 0. The molecule has 0 spiro atoms. The third-order valence-corrected chi connectivity index (χ3v) is 2.77. The van der Waals surface area contributed by atoms with Crippen molar-refractivity contribution < 1.29 is 14.3 Å². The Morgan fingerprint density at radius 2 is 1.94 bits per heavy atom. The summed E-state index contributed by atoms with van der Waals surface area (Å²) in [5.74, 6) is 0.706. The van der Waals surface area contributed by atoms with Gasteiger partial charge in [0.2, 0.25) is 0 Å². The highest BCUT2D eigenvalue weighted by Crippen LogP contribution is 2.29. The first-order chi connectivity index (χ1) is 7.47. The second kappa shape index (κ2) is 6.24. The summed E-state index contributed by atoms with van der Waals surface area (Å²) >= 11 is 0. The topological polar surface area (TPSA) is 35.5 Å². The highest BCUT2D eigenvalue weighted by Gasteiger charge is 2.17. The number of hydrogen-bond acceptors (Lipinski definition) is 3. The van der Waals surface area contributed by atoms with Gasteiger partial charge in [0.1, 0.15) is 5.60 Å². The maximum Gasteiger partial charge on any atom is 0.308 e. The fraction of sp³-hybridized carbons (Fsp3) is 0.923. The minimum atomic E-state index is -0.386. The van der Waals surface area contributed by atoms with Crippen molar-refractivity contribution in [2.45, 2.75) is 58.5 Å². The van der Waals surface area contributed by atoms with Crippen LogP contribution in [0.4, 0.5) is 0 Å². The normalized spacial score (nSPS) is 16.9. The van der Waals surface area contributed by atoms with Gasteiger partial charge in [-0.2, -0.15) is 0 Å². The van der Waals surface area contributed by atoms with Crippen LogP contribution in [0.3, 0.4) is 0 Å². The van der Waals surface area contributed by atoms with E-state index in [-0.39, 0.29) is 11.6 Å². The van der Waals surface area contributed by atoms with Crippen LogP contribution in [0.2, 0.25) is 0 Å². The Hall–Kier alpha value is -0.570. The second-order valence-corrected chi connectivity index (χ2v) is 5.53. The number of ether oxygens (including phenoxy) is 2. The zero-order valence-electron chi connectivity index (χ0n) is 10.8. The van der Waals surface area contributed by atoms with E-state index >= 15 is 0 Å². The molecule has 0 heterocycles. The molecule has 1 fully saturated rings.